The molecule has 0 aliphatic rings. The predicted molar refractivity (Wildman–Crippen MR) is 97.7 cm³/mol. The Morgan fingerprint density at radius 1 is 1.08 bits per heavy atom. The van der Waals surface area contributed by atoms with Crippen LogP contribution in [0.25, 0.3) is 0 Å². The molecule has 5 heteroatoms. The number of ether oxygens (including phenoxy) is 3. The highest BCUT2D eigenvalue weighted by Crippen LogP contribution is 2.27. The Morgan fingerprint density at radius 3 is 2.44 bits per heavy atom. The number of hydrogen-bond acceptors (Lipinski definition) is 4. The lowest BCUT2D eigenvalue weighted by Crippen LogP contribution is -2.25. The first-order valence-electron chi connectivity index (χ1n) is 8.00. The smallest absolute Gasteiger partial charge is 0.251 e. The molecule has 2 aromatic rings. The molecule has 0 unspecified atom stereocenters. The number of benzene rings is 2. The predicted octanol–water partition coefficient (Wildman–Crippen LogP) is 3.24. The van der Waals surface area contributed by atoms with Crippen LogP contribution in [-0.4, -0.2) is 33.3 Å². The third-order valence-corrected chi connectivity index (χ3v) is 3.63. The van der Waals surface area contributed by atoms with E-state index < -0.39 is 0 Å². The van der Waals surface area contributed by atoms with Gasteiger partial charge in [0.05, 0.1) is 14.2 Å². The summed E-state index contributed by atoms with van der Waals surface area (Å²) in [4.78, 5) is 12.2. The van der Waals surface area contributed by atoms with Crippen LogP contribution in [0, 0.1) is 0 Å². The Morgan fingerprint density at radius 2 is 1.80 bits per heavy atom. The van der Waals surface area contributed by atoms with Gasteiger partial charge in [0.2, 0.25) is 0 Å². The Kier molecular flexibility index (Phi) is 6.89. The number of methoxy groups -OCH3 is 2. The molecule has 0 spiro atoms. The second-order valence-electron chi connectivity index (χ2n) is 5.32. The van der Waals surface area contributed by atoms with Crippen molar-refractivity contribution in [1.82, 2.24) is 5.32 Å². The van der Waals surface area contributed by atoms with Crippen molar-refractivity contribution in [1.29, 1.82) is 0 Å². The van der Waals surface area contributed by atoms with Crippen molar-refractivity contribution >= 4 is 5.91 Å². The third kappa shape index (κ3) is 5.28. The highest BCUT2D eigenvalue weighted by atomic mass is 16.5. The second kappa shape index (κ2) is 9.37. The molecule has 25 heavy (non-hydrogen) atoms. The van der Waals surface area contributed by atoms with Gasteiger partial charge in [-0.25, -0.2) is 0 Å². The van der Waals surface area contributed by atoms with Gasteiger partial charge in [0.1, 0.15) is 12.4 Å². The fraction of sp³-hybridized carbons (Fsp3) is 0.250. The van der Waals surface area contributed by atoms with Gasteiger partial charge in [-0.15, -0.1) is 0 Å². The van der Waals surface area contributed by atoms with E-state index in [1.54, 1.807) is 44.6 Å². The first kappa shape index (κ1) is 18.4. The molecule has 0 aromatic heterocycles. The average Bonchev–Trinajstić information content (AvgIpc) is 2.66. The molecule has 0 atom stereocenters. The summed E-state index contributed by atoms with van der Waals surface area (Å²) in [6.07, 6.45) is 2.38. The molecular formula is C20H23NO4. The normalized spacial score (nSPS) is 10.0. The van der Waals surface area contributed by atoms with E-state index in [0.29, 0.717) is 42.4 Å². The Bertz CT molecular complexity index is 710. The fourth-order valence-corrected chi connectivity index (χ4v) is 2.32. The van der Waals surface area contributed by atoms with Gasteiger partial charge in [-0.1, -0.05) is 18.7 Å². The van der Waals surface area contributed by atoms with Crippen molar-refractivity contribution < 1.29 is 19.0 Å². The number of carbonyl (C=O) groups is 1. The summed E-state index contributed by atoms with van der Waals surface area (Å²) in [5, 5.41) is 2.91. The zero-order chi connectivity index (χ0) is 18.1. The lowest BCUT2D eigenvalue weighted by Gasteiger charge is -2.10. The number of rotatable bonds is 9. The van der Waals surface area contributed by atoms with E-state index in [1.807, 2.05) is 18.2 Å². The van der Waals surface area contributed by atoms with Gasteiger partial charge >= 0.3 is 0 Å². The van der Waals surface area contributed by atoms with Crippen LogP contribution >= 0.6 is 0 Å². The zero-order valence-electron chi connectivity index (χ0n) is 14.6. The lowest BCUT2D eigenvalue weighted by molar-refractivity contribution is 0.0954. The summed E-state index contributed by atoms with van der Waals surface area (Å²) in [5.74, 6) is 1.97. The molecular weight excluding hydrogens is 318 g/mol. The molecule has 2 rings (SSSR count). The molecule has 0 aliphatic heterocycles. The fourth-order valence-electron chi connectivity index (χ4n) is 2.32. The molecule has 0 saturated heterocycles. The first-order chi connectivity index (χ1) is 12.2. The summed E-state index contributed by atoms with van der Waals surface area (Å²) in [5.41, 5.74) is 1.66. The van der Waals surface area contributed by atoms with Crippen molar-refractivity contribution in [2.24, 2.45) is 0 Å². The number of nitrogens with one attached hydrogen (secondary N) is 1. The van der Waals surface area contributed by atoms with Gasteiger partial charge in [0.25, 0.3) is 5.91 Å². The van der Waals surface area contributed by atoms with Crippen molar-refractivity contribution in [2.45, 2.75) is 6.42 Å². The summed E-state index contributed by atoms with van der Waals surface area (Å²) < 4.78 is 15.9. The topological polar surface area (TPSA) is 56.8 Å². The minimum absolute atomic E-state index is 0.115. The van der Waals surface area contributed by atoms with Crippen LogP contribution in [0.2, 0.25) is 0 Å². The van der Waals surface area contributed by atoms with Crippen LogP contribution in [0.5, 0.6) is 17.2 Å². The van der Waals surface area contributed by atoms with E-state index in [0.717, 1.165) is 5.56 Å². The van der Waals surface area contributed by atoms with E-state index in [2.05, 4.69) is 11.9 Å². The highest BCUT2D eigenvalue weighted by Gasteiger charge is 2.07. The average molecular weight is 341 g/mol. The van der Waals surface area contributed by atoms with Gasteiger partial charge in [0.15, 0.2) is 11.5 Å². The van der Waals surface area contributed by atoms with Gasteiger partial charge in [-0.3, -0.25) is 4.79 Å². The van der Waals surface area contributed by atoms with E-state index in [-0.39, 0.29) is 5.91 Å². The van der Waals surface area contributed by atoms with Crippen molar-refractivity contribution in [3.8, 4) is 17.2 Å². The van der Waals surface area contributed by atoms with Crippen molar-refractivity contribution in [3.63, 3.8) is 0 Å². The summed E-state index contributed by atoms with van der Waals surface area (Å²) in [7, 11) is 3.21. The van der Waals surface area contributed by atoms with Crippen LogP contribution in [0.4, 0.5) is 0 Å². The molecule has 0 fully saturated rings. The van der Waals surface area contributed by atoms with Gasteiger partial charge < -0.3 is 19.5 Å². The monoisotopic (exact) mass is 341 g/mol. The number of amides is 1. The van der Waals surface area contributed by atoms with Crippen molar-refractivity contribution in [3.05, 3.63) is 66.2 Å². The standard InChI is InChI=1S/C20H23NO4/c1-4-13-25-17-8-6-16(7-9-17)20(22)21-12-11-15-5-10-18(23-2)19(14-15)24-3/h4-10,14H,1,11-13H2,2-3H3,(H,21,22). The maximum atomic E-state index is 12.2. The Balaban J connectivity index is 1.86. The Hall–Kier alpha value is -2.95. The molecule has 1 amide bonds. The molecule has 5 nitrogen and oxygen atoms in total. The van der Waals surface area contributed by atoms with Crippen molar-refractivity contribution in [2.75, 3.05) is 27.4 Å². The van der Waals surface area contributed by atoms with E-state index in [1.165, 1.54) is 0 Å². The Labute approximate surface area is 148 Å². The molecule has 0 aliphatic carbocycles. The minimum atomic E-state index is -0.115. The maximum Gasteiger partial charge on any atom is 0.251 e. The highest BCUT2D eigenvalue weighted by molar-refractivity contribution is 5.94. The largest absolute Gasteiger partial charge is 0.493 e. The SMILES string of the molecule is C=CCOc1ccc(C(=O)NCCc2ccc(OC)c(OC)c2)cc1. The van der Waals surface area contributed by atoms with E-state index >= 15 is 0 Å². The zero-order valence-corrected chi connectivity index (χ0v) is 14.6. The summed E-state index contributed by atoms with van der Waals surface area (Å²) in [6, 6.07) is 12.8. The molecule has 0 radical (unpaired) electrons. The third-order valence-electron chi connectivity index (χ3n) is 3.63. The van der Waals surface area contributed by atoms with Gasteiger partial charge in [0, 0.05) is 12.1 Å². The van der Waals surface area contributed by atoms with Crippen LogP contribution in [0.15, 0.2) is 55.1 Å². The lowest BCUT2D eigenvalue weighted by atomic mass is 10.1. The first-order valence-corrected chi connectivity index (χ1v) is 8.00. The van der Waals surface area contributed by atoms with E-state index in [9.17, 15) is 4.79 Å². The summed E-state index contributed by atoms with van der Waals surface area (Å²) in [6.45, 7) is 4.57. The molecule has 0 bridgehead atoms. The van der Waals surface area contributed by atoms with E-state index in [4.69, 9.17) is 14.2 Å². The van der Waals surface area contributed by atoms with Gasteiger partial charge in [-0.05, 0) is 48.4 Å². The van der Waals surface area contributed by atoms with Crippen LogP contribution in [0.3, 0.4) is 0 Å². The molecule has 1 N–H and O–H groups in total. The van der Waals surface area contributed by atoms with Crippen LogP contribution in [0.1, 0.15) is 15.9 Å². The second-order valence-corrected chi connectivity index (χ2v) is 5.32. The molecule has 0 heterocycles. The molecule has 0 saturated carbocycles. The maximum absolute atomic E-state index is 12.2. The molecule has 132 valence electrons. The number of hydrogen-bond donors (Lipinski definition) is 1. The summed E-state index contributed by atoms with van der Waals surface area (Å²) >= 11 is 0. The van der Waals surface area contributed by atoms with Crippen LogP contribution in [-0.2, 0) is 6.42 Å². The van der Waals surface area contributed by atoms with Gasteiger partial charge in [-0.2, -0.15) is 0 Å². The quantitative estimate of drug-likeness (QED) is 0.712. The minimum Gasteiger partial charge on any atom is -0.493 e. The number of carbonyl (C=O) groups excluding carboxylic acids is 1. The van der Waals surface area contributed by atoms with Crippen LogP contribution < -0.4 is 19.5 Å². The molecule has 2 aromatic carbocycles.